The molecule has 4 atom stereocenters. The van der Waals surface area contributed by atoms with Crippen LogP contribution in [0.1, 0.15) is 61.5 Å². The fraction of sp³-hybridized carbons (Fsp3) is 0.478. The summed E-state index contributed by atoms with van der Waals surface area (Å²) in [6, 6.07) is 22.6. The lowest BCUT2D eigenvalue weighted by Gasteiger charge is -2.32. The molecule has 124 valence electrons. The second kappa shape index (κ2) is 7.17. The molecule has 2 aliphatic carbocycles. The van der Waals surface area contributed by atoms with Gasteiger partial charge < -0.3 is 0 Å². The van der Waals surface area contributed by atoms with Gasteiger partial charge in [0.2, 0.25) is 0 Å². The standard InChI is InChI=1S/C23H29B/c1-24(22-16-8-14-20(22)18-10-4-2-5-11-18)23-17-9-15-21(23)19-12-6-3-7-13-19/h2-7,10-13,20-23H,8-9,14-17H2,1H3. The van der Waals surface area contributed by atoms with Gasteiger partial charge in [-0.15, -0.1) is 0 Å². The van der Waals surface area contributed by atoms with Crippen LogP contribution in [0.2, 0.25) is 18.5 Å². The van der Waals surface area contributed by atoms with Crippen molar-refractivity contribution in [2.24, 2.45) is 0 Å². The summed E-state index contributed by atoms with van der Waals surface area (Å²) in [5.74, 6) is 3.33. The topological polar surface area (TPSA) is 0 Å². The van der Waals surface area contributed by atoms with Gasteiger partial charge in [-0.05, 0) is 35.8 Å². The highest BCUT2D eigenvalue weighted by Gasteiger charge is 2.42. The van der Waals surface area contributed by atoms with Crippen molar-refractivity contribution in [3.8, 4) is 0 Å². The van der Waals surface area contributed by atoms with Gasteiger partial charge in [-0.25, -0.2) is 0 Å². The van der Waals surface area contributed by atoms with Crippen molar-refractivity contribution in [1.82, 2.24) is 0 Å². The van der Waals surface area contributed by atoms with E-state index >= 15 is 0 Å². The van der Waals surface area contributed by atoms with Crippen LogP contribution >= 0.6 is 0 Å². The second-order valence-electron chi connectivity index (χ2n) is 8.08. The van der Waals surface area contributed by atoms with E-state index in [1.165, 1.54) is 38.5 Å². The molecule has 2 fully saturated rings. The van der Waals surface area contributed by atoms with E-state index in [4.69, 9.17) is 0 Å². The Balaban J connectivity index is 1.55. The van der Waals surface area contributed by atoms with Gasteiger partial charge in [0.05, 0.1) is 0 Å². The molecule has 4 unspecified atom stereocenters. The van der Waals surface area contributed by atoms with Gasteiger partial charge in [0.25, 0.3) is 0 Å². The molecule has 0 saturated heterocycles. The van der Waals surface area contributed by atoms with Crippen LogP contribution in [0.3, 0.4) is 0 Å². The van der Waals surface area contributed by atoms with Crippen LogP contribution in [0.4, 0.5) is 0 Å². The summed E-state index contributed by atoms with van der Waals surface area (Å²) in [6.45, 7) is 3.41. The molecule has 0 amide bonds. The highest BCUT2D eigenvalue weighted by atomic mass is 14.3. The highest BCUT2D eigenvalue weighted by molar-refractivity contribution is 6.61. The maximum atomic E-state index is 2.57. The van der Waals surface area contributed by atoms with Crippen molar-refractivity contribution in [2.45, 2.75) is 68.8 Å². The van der Waals surface area contributed by atoms with Crippen molar-refractivity contribution >= 4 is 6.71 Å². The Morgan fingerprint density at radius 1 is 0.625 bits per heavy atom. The van der Waals surface area contributed by atoms with Crippen molar-refractivity contribution in [3.63, 3.8) is 0 Å². The SMILES string of the molecule is CB(C1CCCC1c1ccccc1)C1CCCC1c1ccccc1. The number of rotatable bonds is 4. The zero-order chi connectivity index (χ0) is 16.4. The smallest absolute Gasteiger partial charge is 0.0856 e. The third kappa shape index (κ3) is 3.06. The predicted octanol–water partition coefficient (Wildman–Crippen LogP) is 6.79. The minimum Gasteiger partial charge on any atom is -0.0856 e. The molecular formula is C23H29B. The Kier molecular flexibility index (Phi) is 4.78. The van der Waals surface area contributed by atoms with Crippen LogP contribution < -0.4 is 0 Å². The predicted molar refractivity (Wildman–Crippen MR) is 105 cm³/mol. The molecule has 0 aromatic heterocycles. The molecule has 2 aromatic rings. The molecule has 0 radical (unpaired) electrons. The quantitative estimate of drug-likeness (QED) is 0.545. The van der Waals surface area contributed by atoms with Gasteiger partial charge in [0.15, 0.2) is 0 Å². The molecule has 0 nitrogen and oxygen atoms in total. The van der Waals surface area contributed by atoms with Crippen LogP contribution in [0.25, 0.3) is 0 Å². The summed E-state index contributed by atoms with van der Waals surface area (Å²) in [6.07, 6.45) is 8.47. The maximum absolute atomic E-state index is 2.57. The lowest BCUT2D eigenvalue weighted by atomic mass is 9.31. The van der Waals surface area contributed by atoms with E-state index in [9.17, 15) is 0 Å². The first-order valence-electron chi connectivity index (χ1n) is 9.94. The first-order chi connectivity index (χ1) is 11.8. The Hall–Kier alpha value is -1.50. The Morgan fingerprint density at radius 3 is 1.46 bits per heavy atom. The highest BCUT2D eigenvalue weighted by Crippen LogP contribution is 2.54. The fourth-order valence-electron chi connectivity index (χ4n) is 5.78. The number of hydrogen-bond donors (Lipinski definition) is 0. The van der Waals surface area contributed by atoms with Crippen LogP contribution in [0.5, 0.6) is 0 Å². The van der Waals surface area contributed by atoms with E-state index in [0.29, 0.717) is 0 Å². The molecule has 0 spiro atoms. The Morgan fingerprint density at radius 2 is 1.04 bits per heavy atom. The molecule has 0 bridgehead atoms. The van der Waals surface area contributed by atoms with Crippen LogP contribution in [-0.4, -0.2) is 6.71 Å². The van der Waals surface area contributed by atoms with Crippen molar-refractivity contribution in [3.05, 3.63) is 71.8 Å². The summed E-state index contributed by atoms with van der Waals surface area (Å²) in [5, 5.41) is 0. The average Bonchev–Trinajstić information content (AvgIpc) is 3.32. The van der Waals surface area contributed by atoms with Gasteiger partial charge in [-0.2, -0.15) is 0 Å². The lowest BCUT2D eigenvalue weighted by Crippen LogP contribution is -2.27. The maximum Gasteiger partial charge on any atom is 0.144 e. The van der Waals surface area contributed by atoms with E-state index in [1.807, 2.05) is 0 Å². The zero-order valence-corrected chi connectivity index (χ0v) is 14.9. The molecule has 0 heterocycles. The van der Waals surface area contributed by atoms with Gasteiger partial charge in [-0.1, -0.05) is 105 Å². The Bertz CT molecular complexity index is 578. The first-order valence-corrected chi connectivity index (χ1v) is 9.94. The summed E-state index contributed by atoms with van der Waals surface area (Å²) in [7, 11) is 0. The fourth-order valence-corrected chi connectivity index (χ4v) is 5.78. The molecule has 1 heteroatoms. The minimum absolute atomic E-state index is 0.790. The lowest BCUT2D eigenvalue weighted by molar-refractivity contribution is 0.659. The number of benzene rings is 2. The van der Waals surface area contributed by atoms with E-state index in [0.717, 1.165) is 30.2 Å². The molecule has 24 heavy (non-hydrogen) atoms. The van der Waals surface area contributed by atoms with Crippen LogP contribution in [-0.2, 0) is 0 Å². The van der Waals surface area contributed by atoms with Gasteiger partial charge >= 0.3 is 0 Å². The third-order valence-corrected chi connectivity index (χ3v) is 6.94. The largest absolute Gasteiger partial charge is 0.144 e. The molecule has 4 rings (SSSR count). The minimum atomic E-state index is 0.790. The molecular weight excluding hydrogens is 287 g/mol. The summed E-state index contributed by atoms with van der Waals surface area (Å²) in [4.78, 5) is 0. The third-order valence-electron chi connectivity index (χ3n) is 6.94. The van der Waals surface area contributed by atoms with Gasteiger partial charge in [0.1, 0.15) is 6.71 Å². The first kappa shape index (κ1) is 16.0. The van der Waals surface area contributed by atoms with E-state index < -0.39 is 0 Å². The zero-order valence-electron chi connectivity index (χ0n) is 14.9. The molecule has 2 aromatic carbocycles. The summed E-state index contributed by atoms with van der Waals surface area (Å²) in [5.41, 5.74) is 3.17. The normalized spacial score (nSPS) is 29.7. The van der Waals surface area contributed by atoms with Crippen LogP contribution in [0.15, 0.2) is 60.7 Å². The van der Waals surface area contributed by atoms with E-state index in [-0.39, 0.29) is 0 Å². The van der Waals surface area contributed by atoms with Crippen LogP contribution in [0, 0.1) is 0 Å². The van der Waals surface area contributed by atoms with E-state index in [2.05, 4.69) is 67.5 Å². The summed E-state index contributed by atoms with van der Waals surface area (Å²) >= 11 is 0. The number of hydrogen-bond acceptors (Lipinski definition) is 0. The Labute approximate surface area is 147 Å². The molecule has 2 aliphatic rings. The average molecular weight is 316 g/mol. The van der Waals surface area contributed by atoms with Gasteiger partial charge in [-0.3, -0.25) is 0 Å². The molecule has 2 saturated carbocycles. The van der Waals surface area contributed by atoms with Crippen molar-refractivity contribution < 1.29 is 0 Å². The van der Waals surface area contributed by atoms with Gasteiger partial charge in [0, 0.05) is 0 Å². The molecule has 0 aliphatic heterocycles. The van der Waals surface area contributed by atoms with E-state index in [1.54, 1.807) is 11.1 Å². The second-order valence-corrected chi connectivity index (χ2v) is 8.08. The summed E-state index contributed by atoms with van der Waals surface area (Å²) < 4.78 is 0. The monoisotopic (exact) mass is 316 g/mol. The van der Waals surface area contributed by atoms with Crippen molar-refractivity contribution in [1.29, 1.82) is 0 Å². The van der Waals surface area contributed by atoms with Crippen molar-refractivity contribution in [2.75, 3.05) is 0 Å². The molecule has 0 N–H and O–H groups in total.